The van der Waals surface area contributed by atoms with Gasteiger partial charge in [-0.15, -0.1) is 11.8 Å². The highest BCUT2D eigenvalue weighted by Gasteiger charge is 2.11. The van der Waals surface area contributed by atoms with E-state index >= 15 is 0 Å². The minimum Gasteiger partial charge on any atom is -0.457 e. The van der Waals surface area contributed by atoms with Crippen LogP contribution >= 0.6 is 11.8 Å². The Morgan fingerprint density at radius 1 is 1.20 bits per heavy atom. The molecule has 1 aromatic heterocycles. The Bertz CT molecular complexity index is 598. The van der Waals surface area contributed by atoms with E-state index in [1.54, 1.807) is 36.5 Å². The molecule has 0 saturated carbocycles. The molecule has 0 unspecified atom stereocenters. The van der Waals surface area contributed by atoms with Crippen molar-refractivity contribution in [3.63, 3.8) is 0 Å². The number of hydrogen-bond donors (Lipinski definition) is 1. The number of carbonyl (C=O) groups is 2. The van der Waals surface area contributed by atoms with Gasteiger partial charge in [-0.25, -0.2) is 4.39 Å². The van der Waals surface area contributed by atoms with E-state index in [2.05, 4.69) is 4.98 Å². The summed E-state index contributed by atoms with van der Waals surface area (Å²) in [6.45, 7) is -0.322. The fraction of sp³-hybridized carbons (Fsp3) is 0.143. The topological polar surface area (TPSA) is 59.2 Å². The first kappa shape index (κ1) is 14.3. The third kappa shape index (κ3) is 3.96. The van der Waals surface area contributed by atoms with Gasteiger partial charge in [0.2, 0.25) is 5.78 Å². The molecular weight excluding hydrogens is 281 g/mol. The molecule has 2 rings (SSSR count). The molecule has 1 N–H and O–H groups in total. The maximum Gasteiger partial charge on any atom is 0.316 e. The average Bonchev–Trinajstić information content (AvgIpc) is 2.98. The van der Waals surface area contributed by atoms with Gasteiger partial charge in [0.1, 0.15) is 5.82 Å². The van der Waals surface area contributed by atoms with E-state index in [4.69, 9.17) is 4.74 Å². The number of halogens is 1. The van der Waals surface area contributed by atoms with Gasteiger partial charge in [-0.05, 0) is 24.3 Å². The van der Waals surface area contributed by atoms with Crippen LogP contribution in [0.15, 0.2) is 47.5 Å². The van der Waals surface area contributed by atoms with E-state index in [1.807, 2.05) is 0 Å². The highest BCUT2D eigenvalue weighted by molar-refractivity contribution is 8.00. The number of Topliss-reactive ketones (excluding diaryl/α,β-unsaturated/α-hetero) is 1. The number of H-pyrrole nitrogens is 1. The average molecular weight is 293 g/mol. The zero-order valence-corrected chi connectivity index (χ0v) is 11.3. The molecule has 0 radical (unpaired) electrons. The summed E-state index contributed by atoms with van der Waals surface area (Å²) in [5, 5.41) is 0. The predicted octanol–water partition coefficient (Wildman–Crippen LogP) is 2.67. The Morgan fingerprint density at radius 2 is 2.00 bits per heavy atom. The molecule has 1 aromatic carbocycles. The summed E-state index contributed by atoms with van der Waals surface area (Å²) in [4.78, 5) is 26.1. The zero-order valence-electron chi connectivity index (χ0n) is 10.5. The summed E-state index contributed by atoms with van der Waals surface area (Å²) in [5.41, 5.74) is 0.388. The molecule has 104 valence electrons. The van der Waals surface area contributed by atoms with Crippen LogP contribution in [0.3, 0.4) is 0 Å². The fourth-order valence-electron chi connectivity index (χ4n) is 1.47. The van der Waals surface area contributed by atoms with Crippen LogP contribution in [0.1, 0.15) is 10.5 Å². The summed E-state index contributed by atoms with van der Waals surface area (Å²) in [6.07, 6.45) is 1.61. The van der Waals surface area contributed by atoms with Gasteiger partial charge in [-0.3, -0.25) is 9.59 Å². The van der Waals surface area contributed by atoms with Crippen molar-refractivity contribution in [3.8, 4) is 0 Å². The van der Waals surface area contributed by atoms with Gasteiger partial charge < -0.3 is 9.72 Å². The Balaban J connectivity index is 1.76. The van der Waals surface area contributed by atoms with E-state index in [0.29, 0.717) is 10.6 Å². The molecule has 0 fully saturated rings. The van der Waals surface area contributed by atoms with Crippen molar-refractivity contribution in [3.05, 3.63) is 54.1 Å². The first-order valence-electron chi connectivity index (χ1n) is 5.86. The predicted molar refractivity (Wildman–Crippen MR) is 73.2 cm³/mol. The molecule has 0 aliphatic rings. The van der Waals surface area contributed by atoms with Crippen molar-refractivity contribution in [2.24, 2.45) is 0 Å². The second-order valence-corrected chi connectivity index (χ2v) is 4.90. The highest BCUT2D eigenvalue weighted by atomic mass is 32.2. The van der Waals surface area contributed by atoms with E-state index in [-0.39, 0.29) is 24.0 Å². The second-order valence-electron chi connectivity index (χ2n) is 3.89. The van der Waals surface area contributed by atoms with E-state index in [1.165, 1.54) is 6.07 Å². The SMILES string of the molecule is O=C(CSc1ccccc1F)OCC(=O)c1ccc[nH]1. The number of rotatable bonds is 6. The number of aromatic nitrogens is 1. The van der Waals surface area contributed by atoms with Crippen molar-refractivity contribution in [1.82, 2.24) is 4.98 Å². The lowest BCUT2D eigenvalue weighted by molar-refractivity contribution is -0.139. The van der Waals surface area contributed by atoms with Crippen molar-refractivity contribution < 1.29 is 18.7 Å². The lowest BCUT2D eigenvalue weighted by Crippen LogP contribution is -2.15. The molecule has 2 aromatic rings. The summed E-state index contributed by atoms with van der Waals surface area (Å²) >= 11 is 1.04. The molecular formula is C14H12FNO3S. The largest absolute Gasteiger partial charge is 0.457 e. The van der Waals surface area contributed by atoms with E-state index in [9.17, 15) is 14.0 Å². The van der Waals surface area contributed by atoms with Gasteiger partial charge in [0.15, 0.2) is 6.61 Å². The van der Waals surface area contributed by atoms with Crippen LogP contribution < -0.4 is 0 Å². The molecule has 6 heteroatoms. The molecule has 1 heterocycles. The number of esters is 1. The molecule has 0 aliphatic carbocycles. The van der Waals surface area contributed by atoms with Crippen LogP contribution in [-0.4, -0.2) is 29.1 Å². The van der Waals surface area contributed by atoms with Crippen LogP contribution in [0.25, 0.3) is 0 Å². The van der Waals surface area contributed by atoms with Crippen LogP contribution in [-0.2, 0) is 9.53 Å². The quantitative estimate of drug-likeness (QED) is 0.505. The molecule has 0 bridgehead atoms. The Morgan fingerprint density at radius 3 is 2.70 bits per heavy atom. The Kier molecular flexibility index (Phi) is 4.95. The molecule has 0 atom stereocenters. The highest BCUT2D eigenvalue weighted by Crippen LogP contribution is 2.21. The summed E-state index contributed by atoms with van der Waals surface area (Å²) in [6, 6.07) is 9.45. The van der Waals surface area contributed by atoms with Gasteiger partial charge in [0.25, 0.3) is 0 Å². The Hall–Kier alpha value is -2.08. The number of hydrogen-bond acceptors (Lipinski definition) is 4. The number of ketones is 1. The first-order valence-corrected chi connectivity index (χ1v) is 6.85. The number of nitrogens with one attached hydrogen (secondary N) is 1. The van der Waals surface area contributed by atoms with Crippen LogP contribution in [0.5, 0.6) is 0 Å². The standard InChI is InChI=1S/C14H12FNO3S/c15-10-4-1-2-6-13(10)20-9-14(18)19-8-12(17)11-5-3-7-16-11/h1-7,16H,8-9H2. The van der Waals surface area contributed by atoms with E-state index in [0.717, 1.165) is 11.8 Å². The molecule has 0 saturated heterocycles. The molecule has 0 spiro atoms. The number of ether oxygens (including phenoxy) is 1. The summed E-state index contributed by atoms with van der Waals surface area (Å²) in [7, 11) is 0. The van der Waals surface area contributed by atoms with Crippen molar-refractivity contribution in [2.75, 3.05) is 12.4 Å². The number of benzene rings is 1. The van der Waals surface area contributed by atoms with Gasteiger partial charge in [-0.1, -0.05) is 12.1 Å². The maximum absolute atomic E-state index is 13.3. The Labute approximate surface area is 119 Å². The number of aromatic amines is 1. The van der Waals surface area contributed by atoms with Crippen LogP contribution in [0.2, 0.25) is 0 Å². The van der Waals surface area contributed by atoms with Crippen molar-refractivity contribution in [1.29, 1.82) is 0 Å². The maximum atomic E-state index is 13.3. The lowest BCUT2D eigenvalue weighted by Gasteiger charge is -2.04. The number of thioether (sulfide) groups is 1. The lowest BCUT2D eigenvalue weighted by atomic mass is 10.3. The minimum absolute atomic E-state index is 0.0427. The monoisotopic (exact) mass is 293 g/mol. The summed E-state index contributed by atoms with van der Waals surface area (Å²) < 4.78 is 18.1. The molecule has 0 amide bonds. The first-order chi connectivity index (χ1) is 9.66. The van der Waals surface area contributed by atoms with Gasteiger partial charge in [0.05, 0.1) is 11.4 Å². The third-order valence-corrected chi connectivity index (χ3v) is 3.47. The van der Waals surface area contributed by atoms with Crippen molar-refractivity contribution in [2.45, 2.75) is 4.90 Å². The second kappa shape index (κ2) is 6.91. The van der Waals surface area contributed by atoms with E-state index < -0.39 is 5.97 Å². The van der Waals surface area contributed by atoms with Gasteiger partial charge >= 0.3 is 5.97 Å². The van der Waals surface area contributed by atoms with Crippen LogP contribution in [0.4, 0.5) is 4.39 Å². The smallest absolute Gasteiger partial charge is 0.316 e. The van der Waals surface area contributed by atoms with Gasteiger partial charge in [0, 0.05) is 11.1 Å². The third-order valence-electron chi connectivity index (χ3n) is 2.44. The number of carbonyl (C=O) groups excluding carboxylic acids is 2. The molecule has 0 aliphatic heterocycles. The normalized spacial score (nSPS) is 10.2. The summed E-state index contributed by atoms with van der Waals surface area (Å²) in [5.74, 6) is -1.29. The van der Waals surface area contributed by atoms with Crippen molar-refractivity contribution >= 4 is 23.5 Å². The fourth-order valence-corrected chi connectivity index (χ4v) is 2.21. The zero-order chi connectivity index (χ0) is 14.4. The minimum atomic E-state index is -0.557. The van der Waals surface area contributed by atoms with Crippen LogP contribution in [0, 0.1) is 5.82 Å². The molecule has 20 heavy (non-hydrogen) atoms. The van der Waals surface area contributed by atoms with Gasteiger partial charge in [-0.2, -0.15) is 0 Å². The molecule has 4 nitrogen and oxygen atoms in total.